The number of nitrogens with one attached hydrogen (secondary N) is 1. The smallest absolute Gasteiger partial charge is 0.160 e. The summed E-state index contributed by atoms with van der Waals surface area (Å²) in [6.07, 6.45) is 4.70. The minimum absolute atomic E-state index is 0.163. The molecule has 0 saturated carbocycles. The second-order valence-corrected chi connectivity index (χ2v) is 7.77. The summed E-state index contributed by atoms with van der Waals surface area (Å²) in [4.78, 5) is 8.40. The summed E-state index contributed by atoms with van der Waals surface area (Å²) in [5, 5.41) is 9.59. The molecule has 1 aromatic heterocycles. The third-order valence-electron chi connectivity index (χ3n) is 5.52. The molecule has 4 aliphatic rings. The van der Waals surface area contributed by atoms with Crippen LogP contribution in [-0.4, -0.2) is 36.0 Å². The molecule has 2 aromatic rings. The van der Waals surface area contributed by atoms with Gasteiger partial charge in [-0.1, -0.05) is 28.4 Å². The zero-order valence-electron chi connectivity index (χ0n) is 13.0. The molecule has 1 N–H and O–H groups in total. The van der Waals surface area contributed by atoms with Gasteiger partial charge >= 0.3 is 0 Å². The number of anilines is 1. The number of oxime groups is 1. The van der Waals surface area contributed by atoms with Crippen LogP contribution in [0.3, 0.4) is 0 Å². The summed E-state index contributed by atoms with van der Waals surface area (Å²) in [6.45, 7) is 3.33. The molecule has 5 nitrogen and oxygen atoms in total. The van der Waals surface area contributed by atoms with Gasteiger partial charge in [-0.3, -0.25) is 4.90 Å². The molecule has 7 heteroatoms. The number of hydrogen-bond acceptors (Lipinski definition) is 5. The van der Waals surface area contributed by atoms with Crippen molar-refractivity contribution in [1.82, 2.24) is 4.90 Å². The van der Waals surface area contributed by atoms with E-state index in [0.717, 1.165) is 29.9 Å². The van der Waals surface area contributed by atoms with Gasteiger partial charge in [0.1, 0.15) is 11.8 Å². The Kier molecular flexibility index (Phi) is 3.27. The van der Waals surface area contributed by atoms with Gasteiger partial charge in [-0.15, -0.1) is 0 Å². The van der Waals surface area contributed by atoms with Crippen LogP contribution in [-0.2, 0) is 4.84 Å². The Hall–Kier alpha value is -1.43. The fraction of sp³-hybridized carbons (Fsp3) is 0.471. The highest BCUT2D eigenvalue weighted by molar-refractivity contribution is 6.38. The Labute approximate surface area is 149 Å². The molecule has 1 atom stereocenters. The Bertz CT molecular complexity index is 842. The summed E-state index contributed by atoms with van der Waals surface area (Å²) in [7, 11) is 0. The SMILES string of the molecule is Clc1cc2c(Cl)coc2cc1NC1=NO[C@@]2(C1)CN1CCC2CC1. The molecule has 0 unspecified atom stereocenters. The van der Waals surface area contributed by atoms with E-state index in [2.05, 4.69) is 15.4 Å². The molecule has 1 aromatic carbocycles. The van der Waals surface area contributed by atoms with Crippen molar-refractivity contribution >= 4 is 45.7 Å². The van der Waals surface area contributed by atoms with Crippen molar-refractivity contribution in [2.75, 3.05) is 25.0 Å². The Morgan fingerprint density at radius 1 is 1.21 bits per heavy atom. The van der Waals surface area contributed by atoms with Crippen molar-refractivity contribution in [1.29, 1.82) is 0 Å². The van der Waals surface area contributed by atoms with E-state index in [0.29, 0.717) is 21.5 Å². The zero-order valence-corrected chi connectivity index (χ0v) is 14.5. The van der Waals surface area contributed by atoms with Crippen LogP contribution in [0.5, 0.6) is 0 Å². The van der Waals surface area contributed by atoms with Crippen LogP contribution in [0.15, 0.2) is 28.0 Å². The lowest BCUT2D eigenvalue weighted by molar-refractivity contribution is -0.136. The van der Waals surface area contributed by atoms with E-state index in [1.165, 1.54) is 32.2 Å². The highest BCUT2D eigenvalue weighted by atomic mass is 35.5. The maximum Gasteiger partial charge on any atom is 0.160 e. The number of fused-ring (bicyclic) bond motifs is 3. The van der Waals surface area contributed by atoms with Crippen molar-refractivity contribution in [3.63, 3.8) is 0 Å². The molecule has 0 aliphatic carbocycles. The molecule has 1 spiro atoms. The number of benzene rings is 1. The molecule has 126 valence electrons. The molecule has 4 aliphatic heterocycles. The number of hydrogen-bond donors (Lipinski definition) is 1. The molecular weight excluding hydrogens is 349 g/mol. The van der Waals surface area contributed by atoms with E-state index in [1.807, 2.05) is 12.1 Å². The number of amidine groups is 1. The molecule has 3 fully saturated rings. The molecule has 6 rings (SSSR count). The van der Waals surface area contributed by atoms with Gasteiger partial charge in [0, 0.05) is 23.9 Å². The molecule has 3 saturated heterocycles. The third-order valence-corrected chi connectivity index (χ3v) is 6.13. The normalized spacial score (nSPS) is 31.5. The average Bonchev–Trinajstić information content (AvgIpc) is 3.14. The molecular formula is C17H17Cl2N3O2. The molecule has 2 bridgehead atoms. The van der Waals surface area contributed by atoms with Crippen LogP contribution in [0.1, 0.15) is 19.3 Å². The van der Waals surface area contributed by atoms with Gasteiger partial charge in [0.15, 0.2) is 11.4 Å². The van der Waals surface area contributed by atoms with Gasteiger partial charge in [-0.2, -0.15) is 0 Å². The lowest BCUT2D eigenvalue weighted by atomic mass is 9.73. The van der Waals surface area contributed by atoms with E-state index in [4.69, 9.17) is 32.5 Å². The van der Waals surface area contributed by atoms with Gasteiger partial charge in [0.05, 0.1) is 22.2 Å². The standard InChI is InChI=1S/C17H17Cl2N3O2/c18-12-5-11-13(19)8-23-15(11)6-14(12)20-16-7-17(24-21-16)9-22-3-1-10(17)2-4-22/h5-6,8,10H,1-4,7,9H2,(H,20,21)/t17-/m0/s1. The van der Waals surface area contributed by atoms with Gasteiger partial charge in [0.25, 0.3) is 0 Å². The quantitative estimate of drug-likeness (QED) is 0.815. The highest BCUT2D eigenvalue weighted by Gasteiger charge is 2.52. The zero-order chi connectivity index (χ0) is 16.3. The van der Waals surface area contributed by atoms with E-state index >= 15 is 0 Å². The van der Waals surface area contributed by atoms with Crippen molar-refractivity contribution in [3.05, 3.63) is 28.4 Å². The largest absolute Gasteiger partial charge is 0.463 e. The Morgan fingerprint density at radius 2 is 2.04 bits per heavy atom. The molecule has 0 amide bonds. The number of halogens is 2. The number of furan rings is 1. The Balaban J connectivity index is 1.38. The van der Waals surface area contributed by atoms with E-state index in [9.17, 15) is 0 Å². The number of rotatable bonds is 1. The van der Waals surface area contributed by atoms with Crippen molar-refractivity contribution in [2.45, 2.75) is 24.9 Å². The van der Waals surface area contributed by atoms with Crippen LogP contribution >= 0.6 is 23.2 Å². The monoisotopic (exact) mass is 365 g/mol. The van der Waals surface area contributed by atoms with Gasteiger partial charge in [-0.05, 0) is 32.0 Å². The predicted molar refractivity (Wildman–Crippen MR) is 94.9 cm³/mol. The topological polar surface area (TPSA) is 50.0 Å². The highest BCUT2D eigenvalue weighted by Crippen LogP contribution is 2.43. The summed E-state index contributed by atoms with van der Waals surface area (Å²) in [5.74, 6) is 1.41. The van der Waals surface area contributed by atoms with Gasteiger partial charge in [-0.25, -0.2) is 0 Å². The van der Waals surface area contributed by atoms with Gasteiger partial charge < -0.3 is 14.6 Å². The number of nitrogens with zero attached hydrogens (tertiary/aromatic N) is 2. The maximum atomic E-state index is 6.38. The molecule has 5 heterocycles. The predicted octanol–water partition coefficient (Wildman–Crippen LogP) is 4.35. The number of piperidine rings is 3. The van der Waals surface area contributed by atoms with Gasteiger partial charge in [0.2, 0.25) is 0 Å². The van der Waals surface area contributed by atoms with Crippen LogP contribution in [0.4, 0.5) is 5.69 Å². The summed E-state index contributed by atoms with van der Waals surface area (Å²) in [6, 6.07) is 3.67. The van der Waals surface area contributed by atoms with E-state index in [-0.39, 0.29) is 5.60 Å². The summed E-state index contributed by atoms with van der Waals surface area (Å²) >= 11 is 12.5. The van der Waals surface area contributed by atoms with E-state index < -0.39 is 0 Å². The first-order valence-corrected chi connectivity index (χ1v) is 8.99. The second-order valence-electron chi connectivity index (χ2n) is 6.96. The van der Waals surface area contributed by atoms with Crippen molar-refractivity contribution in [3.8, 4) is 0 Å². The molecule has 24 heavy (non-hydrogen) atoms. The third kappa shape index (κ3) is 2.22. The first-order chi connectivity index (χ1) is 11.6. The second kappa shape index (κ2) is 5.28. The fourth-order valence-electron chi connectivity index (χ4n) is 4.26. The summed E-state index contributed by atoms with van der Waals surface area (Å²) in [5.41, 5.74) is 1.29. The Morgan fingerprint density at radius 3 is 2.79 bits per heavy atom. The first kappa shape index (κ1) is 14.9. The molecule has 0 radical (unpaired) electrons. The van der Waals surface area contributed by atoms with E-state index in [1.54, 1.807) is 0 Å². The summed E-state index contributed by atoms with van der Waals surface area (Å²) < 4.78 is 5.45. The van der Waals surface area contributed by atoms with Crippen LogP contribution < -0.4 is 5.32 Å². The fourth-order valence-corrected chi connectivity index (χ4v) is 4.66. The first-order valence-electron chi connectivity index (χ1n) is 8.24. The lowest BCUT2D eigenvalue weighted by Crippen LogP contribution is -2.59. The minimum Gasteiger partial charge on any atom is -0.463 e. The maximum absolute atomic E-state index is 6.38. The van der Waals surface area contributed by atoms with Crippen LogP contribution in [0.2, 0.25) is 10.0 Å². The minimum atomic E-state index is -0.163. The average molecular weight is 366 g/mol. The lowest BCUT2D eigenvalue weighted by Gasteiger charge is -2.49. The van der Waals surface area contributed by atoms with Crippen LogP contribution in [0, 0.1) is 5.92 Å². The van der Waals surface area contributed by atoms with Crippen molar-refractivity contribution in [2.24, 2.45) is 11.1 Å². The van der Waals surface area contributed by atoms with Crippen LogP contribution in [0.25, 0.3) is 11.0 Å². The van der Waals surface area contributed by atoms with Crippen molar-refractivity contribution < 1.29 is 9.25 Å².